The predicted octanol–water partition coefficient (Wildman–Crippen LogP) is 3.81. The molecule has 2 aromatic heterocycles. The molecule has 30 heavy (non-hydrogen) atoms. The molecule has 1 aliphatic carbocycles. The minimum absolute atomic E-state index is 0.0276. The fourth-order valence-corrected chi connectivity index (χ4v) is 3.86. The van der Waals surface area contributed by atoms with Crippen molar-refractivity contribution in [3.05, 3.63) is 61.9 Å². The van der Waals surface area contributed by atoms with Crippen molar-refractivity contribution in [2.24, 2.45) is 5.92 Å². The number of aromatic nitrogens is 4. The Morgan fingerprint density at radius 2 is 1.73 bits per heavy atom. The van der Waals surface area contributed by atoms with Crippen LogP contribution in [0.1, 0.15) is 56.5 Å². The normalized spacial score (nSPS) is 16.2. The zero-order valence-corrected chi connectivity index (χ0v) is 16.9. The molecule has 1 aliphatic rings. The van der Waals surface area contributed by atoms with Crippen molar-refractivity contribution >= 4 is 11.0 Å². The van der Waals surface area contributed by atoms with Crippen LogP contribution in [0.4, 0.5) is 13.2 Å². The maximum Gasteiger partial charge on any atom is 0.394 e. The van der Waals surface area contributed by atoms with Crippen LogP contribution in [0.25, 0.3) is 11.0 Å². The number of H-pyrrole nitrogens is 2. The number of nitrogens with one attached hydrogen (secondary N) is 2. The van der Waals surface area contributed by atoms with Crippen LogP contribution < -0.4 is 11.2 Å². The molecule has 0 aliphatic heterocycles. The lowest BCUT2D eigenvalue weighted by atomic mass is 9.86. The van der Waals surface area contributed by atoms with Gasteiger partial charge in [0.15, 0.2) is 0 Å². The number of fused-ring (bicyclic) bond motifs is 1. The Labute approximate surface area is 170 Å². The molecule has 3 aromatic rings. The van der Waals surface area contributed by atoms with Crippen molar-refractivity contribution in [1.82, 2.24) is 19.7 Å². The molecule has 0 amide bonds. The molecule has 0 spiro atoms. The number of benzene rings is 1. The average molecular weight is 420 g/mol. The standard InChI is InChI=1S/C21H23F3N4O2/c1-20(2,3)13-8-6-12(7-9-13)16(11-4-5-11)28-17-15(18(29)26-19(30)25-17)14(27-28)10-21(22,23)24/h6-9,11,16H,4-5,10H2,1-3H3,(H2,25,26,29,30)/t16-/m0/s1. The summed E-state index contributed by atoms with van der Waals surface area (Å²) in [5.41, 5.74) is -0.0125. The first-order valence-electron chi connectivity index (χ1n) is 9.85. The molecule has 0 radical (unpaired) electrons. The summed E-state index contributed by atoms with van der Waals surface area (Å²) in [5.74, 6) is 0.176. The van der Waals surface area contributed by atoms with E-state index in [1.807, 2.05) is 29.2 Å². The van der Waals surface area contributed by atoms with Crippen molar-refractivity contribution in [2.75, 3.05) is 0 Å². The smallest absolute Gasteiger partial charge is 0.292 e. The predicted molar refractivity (Wildman–Crippen MR) is 107 cm³/mol. The SMILES string of the molecule is CC(C)(C)c1ccc([C@H](C2CC2)n2nc(CC(F)(F)F)c3c(=O)[nH]c(=O)[nH]c32)cc1. The topological polar surface area (TPSA) is 83.5 Å². The van der Waals surface area contributed by atoms with E-state index >= 15 is 0 Å². The van der Waals surface area contributed by atoms with Crippen LogP contribution in [0.3, 0.4) is 0 Å². The minimum Gasteiger partial charge on any atom is -0.292 e. The molecule has 0 saturated heterocycles. The maximum atomic E-state index is 13.1. The van der Waals surface area contributed by atoms with Crippen LogP contribution in [0.2, 0.25) is 0 Å². The summed E-state index contributed by atoms with van der Waals surface area (Å²) in [6.45, 7) is 6.30. The van der Waals surface area contributed by atoms with Gasteiger partial charge in [0.05, 0.1) is 18.2 Å². The first-order chi connectivity index (χ1) is 13.9. The third-order valence-electron chi connectivity index (χ3n) is 5.49. The quantitative estimate of drug-likeness (QED) is 0.673. The van der Waals surface area contributed by atoms with E-state index in [4.69, 9.17) is 0 Å². The van der Waals surface area contributed by atoms with Gasteiger partial charge >= 0.3 is 11.9 Å². The van der Waals surface area contributed by atoms with E-state index in [0.29, 0.717) is 0 Å². The first kappa shape index (κ1) is 20.4. The van der Waals surface area contributed by atoms with Gasteiger partial charge in [-0.3, -0.25) is 14.8 Å². The van der Waals surface area contributed by atoms with Gasteiger partial charge in [-0.25, -0.2) is 9.48 Å². The lowest BCUT2D eigenvalue weighted by Crippen LogP contribution is -2.24. The van der Waals surface area contributed by atoms with Crippen LogP contribution >= 0.6 is 0 Å². The van der Waals surface area contributed by atoms with Gasteiger partial charge in [-0.1, -0.05) is 45.0 Å². The second-order valence-corrected chi connectivity index (χ2v) is 8.97. The van der Waals surface area contributed by atoms with Gasteiger partial charge in [-0.05, 0) is 35.3 Å². The van der Waals surface area contributed by atoms with Gasteiger partial charge in [0, 0.05) is 0 Å². The fraction of sp³-hybridized carbons (Fsp3) is 0.476. The van der Waals surface area contributed by atoms with Crippen molar-refractivity contribution < 1.29 is 13.2 Å². The molecule has 0 bridgehead atoms. The highest BCUT2D eigenvalue weighted by molar-refractivity contribution is 5.77. The first-order valence-corrected chi connectivity index (χ1v) is 9.85. The van der Waals surface area contributed by atoms with Gasteiger partial charge in [-0.2, -0.15) is 18.3 Å². The highest BCUT2D eigenvalue weighted by atomic mass is 19.4. The van der Waals surface area contributed by atoms with E-state index in [1.165, 1.54) is 4.68 Å². The molecule has 1 aromatic carbocycles. The van der Waals surface area contributed by atoms with Gasteiger partial charge in [0.25, 0.3) is 5.56 Å². The number of halogens is 3. The third-order valence-corrected chi connectivity index (χ3v) is 5.49. The molecular formula is C21H23F3N4O2. The molecule has 2 heterocycles. The zero-order valence-electron chi connectivity index (χ0n) is 16.9. The summed E-state index contributed by atoms with van der Waals surface area (Å²) in [6, 6.07) is 7.55. The number of aromatic amines is 2. The zero-order chi connectivity index (χ0) is 21.8. The summed E-state index contributed by atoms with van der Waals surface area (Å²) < 4.78 is 40.7. The number of nitrogens with zero attached hydrogens (tertiary/aromatic N) is 2. The highest BCUT2D eigenvalue weighted by Gasteiger charge is 2.38. The molecule has 160 valence electrons. The summed E-state index contributed by atoms with van der Waals surface area (Å²) in [6.07, 6.45) is -4.08. The summed E-state index contributed by atoms with van der Waals surface area (Å²) in [5, 5.41) is 3.97. The number of hydrogen-bond donors (Lipinski definition) is 2. The molecule has 4 rings (SSSR count). The van der Waals surface area contributed by atoms with Gasteiger partial charge < -0.3 is 0 Å². The van der Waals surface area contributed by atoms with E-state index in [0.717, 1.165) is 24.0 Å². The number of hydrogen-bond acceptors (Lipinski definition) is 3. The van der Waals surface area contributed by atoms with E-state index in [1.54, 1.807) is 0 Å². The third kappa shape index (κ3) is 3.93. The van der Waals surface area contributed by atoms with E-state index in [-0.39, 0.29) is 34.1 Å². The summed E-state index contributed by atoms with van der Waals surface area (Å²) in [4.78, 5) is 28.7. The molecule has 0 unspecified atom stereocenters. The maximum absolute atomic E-state index is 13.1. The number of alkyl halides is 3. The van der Waals surface area contributed by atoms with Gasteiger partial charge in [0.1, 0.15) is 11.0 Å². The Balaban J connectivity index is 1.89. The average Bonchev–Trinajstić information content (AvgIpc) is 3.37. The largest absolute Gasteiger partial charge is 0.394 e. The Morgan fingerprint density at radius 1 is 1.10 bits per heavy atom. The molecule has 6 nitrogen and oxygen atoms in total. The number of rotatable bonds is 4. The van der Waals surface area contributed by atoms with E-state index in [2.05, 4.69) is 30.9 Å². The molecule has 9 heteroatoms. The minimum atomic E-state index is -4.53. The Hall–Kier alpha value is -2.84. The molecule has 1 saturated carbocycles. The second kappa shape index (κ2) is 6.85. The summed E-state index contributed by atoms with van der Waals surface area (Å²) in [7, 11) is 0. The summed E-state index contributed by atoms with van der Waals surface area (Å²) >= 11 is 0. The Kier molecular flexibility index (Phi) is 4.67. The van der Waals surface area contributed by atoms with E-state index in [9.17, 15) is 22.8 Å². The Morgan fingerprint density at radius 3 is 2.27 bits per heavy atom. The van der Waals surface area contributed by atoms with Crippen LogP contribution in [-0.2, 0) is 11.8 Å². The fourth-order valence-electron chi connectivity index (χ4n) is 3.86. The Bertz CT molecular complexity index is 1190. The van der Waals surface area contributed by atoms with Crippen molar-refractivity contribution in [3.8, 4) is 0 Å². The molecule has 2 N–H and O–H groups in total. The van der Waals surface area contributed by atoms with Crippen LogP contribution in [0, 0.1) is 5.92 Å². The van der Waals surface area contributed by atoms with E-state index < -0.39 is 23.8 Å². The van der Waals surface area contributed by atoms with Gasteiger partial charge in [0.2, 0.25) is 0 Å². The van der Waals surface area contributed by atoms with Crippen LogP contribution in [0.15, 0.2) is 33.9 Å². The lowest BCUT2D eigenvalue weighted by molar-refractivity contribution is -0.127. The van der Waals surface area contributed by atoms with Crippen molar-refractivity contribution in [1.29, 1.82) is 0 Å². The molecular weight excluding hydrogens is 397 g/mol. The second-order valence-electron chi connectivity index (χ2n) is 8.97. The van der Waals surface area contributed by atoms with Crippen molar-refractivity contribution in [3.63, 3.8) is 0 Å². The molecule has 1 atom stereocenters. The van der Waals surface area contributed by atoms with Gasteiger partial charge in [-0.15, -0.1) is 0 Å². The van der Waals surface area contributed by atoms with Crippen LogP contribution in [-0.4, -0.2) is 25.9 Å². The van der Waals surface area contributed by atoms with Crippen LogP contribution in [0.5, 0.6) is 0 Å². The lowest BCUT2D eigenvalue weighted by Gasteiger charge is -2.22. The van der Waals surface area contributed by atoms with Crippen molar-refractivity contribution in [2.45, 2.75) is 57.7 Å². The monoisotopic (exact) mass is 420 g/mol. The molecule has 1 fully saturated rings. The highest BCUT2D eigenvalue weighted by Crippen LogP contribution is 2.44.